The molecule has 0 bridgehead atoms. The van der Waals surface area contributed by atoms with Crippen molar-refractivity contribution in [3.05, 3.63) is 34.9 Å². The summed E-state index contributed by atoms with van der Waals surface area (Å²) in [6.07, 6.45) is 1.79. The van der Waals surface area contributed by atoms with Crippen LogP contribution in [-0.4, -0.2) is 37.1 Å². The second-order valence-corrected chi connectivity index (χ2v) is 5.01. The SMILES string of the molecule is COC(=O)CNC(=O)N1CCC[C@@H]1c1ccccc1Cl. The van der Waals surface area contributed by atoms with Crippen LogP contribution in [0.3, 0.4) is 0 Å². The molecular formula is C14H17ClN2O3. The van der Waals surface area contributed by atoms with Crippen LogP contribution < -0.4 is 5.32 Å². The monoisotopic (exact) mass is 296 g/mol. The van der Waals surface area contributed by atoms with E-state index < -0.39 is 5.97 Å². The first kappa shape index (κ1) is 14.7. The van der Waals surface area contributed by atoms with E-state index in [1.807, 2.05) is 24.3 Å². The normalized spacial score (nSPS) is 17.9. The topological polar surface area (TPSA) is 58.6 Å². The van der Waals surface area contributed by atoms with Crippen LogP contribution in [0.1, 0.15) is 24.4 Å². The number of methoxy groups -OCH3 is 1. The molecular weight excluding hydrogens is 280 g/mol. The lowest BCUT2D eigenvalue weighted by Gasteiger charge is -2.25. The van der Waals surface area contributed by atoms with Gasteiger partial charge in [-0.05, 0) is 24.5 Å². The van der Waals surface area contributed by atoms with Crippen molar-refractivity contribution in [1.29, 1.82) is 0 Å². The maximum absolute atomic E-state index is 12.1. The molecule has 0 saturated carbocycles. The predicted molar refractivity (Wildman–Crippen MR) is 75.5 cm³/mol. The van der Waals surface area contributed by atoms with E-state index in [2.05, 4.69) is 10.1 Å². The Morgan fingerprint density at radius 2 is 2.20 bits per heavy atom. The first-order chi connectivity index (χ1) is 9.63. The Morgan fingerprint density at radius 1 is 1.45 bits per heavy atom. The molecule has 2 amide bonds. The van der Waals surface area contributed by atoms with Gasteiger partial charge in [-0.2, -0.15) is 0 Å². The van der Waals surface area contributed by atoms with Crippen molar-refractivity contribution in [2.45, 2.75) is 18.9 Å². The van der Waals surface area contributed by atoms with E-state index in [4.69, 9.17) is 11.6 Å². The summed E-state index contributed by atoms with van der Waals surface area (Å²) in [5.74, 6) is -0.466. The summed E-state index contributed by atoms with van der Waals surface area (Å²) >= 11 is 6.19. The number of nitrogens with one attached hydrogen (secondary N) is 1. The molecule has 5 nitrogen and oxygen atoms in total. The van der Waals surface area contributed by atoms with E-state index >= 15 is 0 Å². The molecule has 1 aliphatic heterocycles. The van der Waals surface area contributed by atoms with Gasteiger partial charge in [0.05, 0.1) is 13.2 Å². The molecule has 1 saturated heterocycles. The maximum Gasteiger partial charge on any atom is 0.325 e. The molecule has 1 aromatic carbocycles. The van der Waals surface area contributed by atoms with Gasteiger partial charge in [0, 0.05) is 11.6 Å². The minimum Gasteiger partial charge on any atom is -0.468 e. The number of rotatable bonds is 3. The average Bonchev–Trinajstić information content (AvgIpc) is 2.94. The summed E-state index contributed by atoms with van der Waals surface area (Å²) in [4.78, 5) is 24.9. The Hall–Kier alpha value is -1.75. The van der Waals surface area contributed by atoms with Crippen LogP contribution in [-0.2, 0) is 9.53 Å². The molecule has 1 fully saturated rings. The van der Waals surface area contributed by atoms with Crippen LogP contribution in [0.5, 0.6) is 0 Å². The number of halogens is 1. The second kappa shape index (κ2) is 6.61. The minimum atomic E-state index is -0.466. The molecule has 1 aliphatic rings. The number of carbonyl (C=O) groups is 2. The molecule has 20 heavy (non-hydrogen) atoms. The van der Waals surface area contributed by atoms with Crippen molar-refractivity contribution >= 4 is 23.6 Å². The molecule has 1 atom stereocenters. The zero-order valence-corrected chi connectivity index (χ0v) is 12.0. The van der Waals surface area contributed by atoms with E-state index in [-0.39, 0.29) is 18.6 Å². The molecule has 0 radical (unpaired) electrons. The van der Waals surface area contributed by atoms with E-state index in [9.17, 15) is 9.59 Å². The standard InChI is InChI=1S/C14H17ClN2O3/c1-20-13(18)9-16-14(19)17-8-4-7-12(17)10-5-2-3-6-11(10)15/h2-3,5-6,12H,4,7-9H2,1H3,(H,16,19)/t12-/m1/s1. The zero-order chi connectivity index (χ0) is 14.5. The number of hydrogen-bond donors (Lipinski definition) is 1. The quantitative estimate of drug-likeness (QED) is 0.871. The smallest absolute Gasteiger partial charge is 0.325 e. The largest absolute Gasteiger partial charge is 0.468 e. The molecule has 1 heterocycles. The predicted octanol–water partition coefficient (Wildman–Crippen LogP) is 2.36. The van der Waals surface area contributed by atoms with Crippen LogP contribution in [0.2, 0.25) is 5.02 Å². The Morgan fingerprint density at radius 3 is 2.90 bits per heavy atom. The summed E-state index contributed by atoms with van der Waals surface area (Å²) in [5.41, 5.74) is 0.944. The fraction of sp³-hybridized carbons (Fsp3) is 0.429. The third kappa shape index (κ3) is 3.22. The fourth-order valence-corrected chi connectivity index (χ4v) is 2.66. The lowest BCUT2D eigenvalue weighted by Crippen LogP contribution is -2.41. The number of urea groups is 1. The maximum atomic E-state index is 12.1. The Balaban J connectivity index is 2.06. The van der Waals surface area contributed by atoms with Gasteiger partial charge in [-0.25, -0.2) is 4.79 Å². The summed E-state index contributed by atoms with van der Waals surface area (Å²) in [5, 5.41) is 3.22. The molecule has 2 rings (SSSR count). The molecule has 0 aliphatic carbocycles. The third-order valence-corrected chi connectivity index (χ3v) is 3.73. The van der Waals surface area contributed by atoms with Gasteiger partial charge in [0.15, 0.2) is 0 Å². The number of benzene rings is 1. The molecule has 0 spiro atoms. The molecule has 1 aromatic rings. The number of likely N-dealkylation sites (tertiary alicyclic amines) is 1. The van der Waals surface area contributed by atoms with Crippen molar-refractivity contribution in [3.8, 4) is 0 Å². The van der Waals surface area contributed by atoms with Crippen molar-refractivity contribution in [1.82, 2.24) is 10.2 Å². The van der Waals surface area contributed by atoms with Gasteiger partial charge in [-0.1, -0.05) is 29.8 Å². The van der Waals surface area contributed by atoms with Crippen LogP contribution >= 0.6 is 11.6 Å². The highest BCUT2D eigenvalue weighted by atomic mass is 35.5. The van der Waals surface area contributed by atoms with Crippen molar-refractivity contribution < 1.29 is 14.3 Å². The zero-order valence-electron chi connectivity index (χ0n) is 11.3. The van der Waals surface area contributed by atoms with Gasteiger partial charge in [-0.3, -0.25) is 4.79 Å². The number of amides is 2. The Kier molecular flexibility index (Phi) is 4.84. The lowest BCUT2D eigenvalue weighted by molar-refractivity contribution is -0.139. The minimum absolute atomic E-state index is 0.0404. The first-order valence-electron chi connectivity index (χ1n) is 6.49. The second-order valence-electron chi connectivity index (χ2n) is 4.61. The molecule has 0 aromatic heterocycles. The Labute approximate surface area is 122 Å². The van der Waals surface area contributed by atoms with Gasteiger partial charge in [-0.15, -0.1) is 0 Å². The van der Waals surface area contributed by atoms with Crippen molar-refractivity contribution in [2.75, 3.05) is 20.2 Å². The number of carbonyl (C=O) groups excluding carboxylic acids is 2. The van der Waals surface area contributed by atoms with Crippen LogP contribution in [0.15, 0.2) is 24.3 Å². The number of esters is 1. The third-order valence-electron chi connectivity index (χ3n) is 3.39. The average molecular weight is 297 g/mol. The van der Waals surface area contributed by atoms with Gasteiger partial charge in [0.2, 0.25) is 0 Å². The van der Waals surface area contributed by atoms with E-state index in [1.165, 1.54) is 7.11 Å². The van der Waals surface area contributed by atoms with Gasteiger partial charge >= 0.3 is 12.0 Å². The van der Waals surface area contributed by atoms with E-state index in [1.54, 1.807) is 4.90 Å². The summed E-state index contributed by atoms with van der Waals surface area (Å²) in [6, 6.07) is 7.21. The molecule has 1 N–H and O–H groups in total. The number of ether oxygens (including phenoxy) is 1. The highest BCUT2D eigenvalue weighted by Gasteiger charge is 2.31. The van der Waals surface area contributed by atoms with Crippen LogP contribution in [0.4, 0.5) is 4.79 Å². The lowest BCUT2D eigenvalue weighted by atomic mass is 10.0. The highest BCUT2D eigenvalue weighted by Crippen LogP contribution is 2.35. The van der Waals surface area contributed by atoms with E-state index in [0.29, 0.717) is 11.6 Å². The first-order valence-corrected chi connectivity index (χ1v) is 6.87. The molecule has 6 heteroatoms. The van der Waals surface area contributed by atoms with Crippen LogP contribution in [0, 0.1) is 0 Å². The van der Waals surface area contributed by atoms with Gasteiger partial charge in [0.25, 0.3) is 0 Å². The van der Waals surface area contributed by atoms with Crippen molar-refractivity contribution in [2.24, 2.45) is 0 Å². The summed E-state index contributed by atoms with van der Waals surface area (Å²) in [7, 11) is 1.29. The molecule has 0 unspecified atom stereocenters. The van der Waals surface area contributed by atoms with Crippen molar-refractivity contribution in [3.63, 3.8) is 0 Å². The highest BCUT2D eigenvalue weighted by molar-refractivity contribution is 6.31. The fourth-order valence-electron chi connectivity index (χ4n) is 2.40. The number of hydrogen-bond acceptors (Lipinski definition) is 3. The van der Waals surface area contributed by atoms with Crippen LogP contribution in [0.25, 0.3) is 0 Å². The molecule has 108 valence electrons. The van der Waals surface area contributed by atoms with Gasteiger partial charge in [0.1, 0.15) is 6.54 Å². The Bertz CT molecular complexity index is 507. The van der Waals surface area contributed by atoms with E-state index in [0.717, 1.165) is 18.4 Å². The summed E-state index contributed by atoms with van der Waals surface area (Å²) < 4.78 is 4.50. The van der Waals surface area contributed by atoms with Gasteiger partial charge < -0.3 is 15.0 Å². The summed E-state index contributed by atoms with van der Waals surface area (Å²) in [6.45, 7) is 0.532. The number of nitrogens with zero attached hydrogens (tertiary/aromatic N) is 1.